The predicted octanol–water partition coefficient (Wildman–Crippen LogP) is 3.61. The van der Waals surface area contributed by atoms with Gasteiger partial charge in [-0.15, -0.1) is 0 Å². The molecule has 0 radical (unpaired) electrons. The van der Waals surface area contributed by atoms with Crippen molar-refractivity contribution in [2.75, 3.05) is 7.11 Å². The Kier molecular flexibility index (Phi) is 7.10. The van der Waals surface area contributed by atoms with Crippen LogP contribution in [0.3, 0.4) is 0 Å². The molecule has 0 fully saturated rings. The number of aromatic nitrogens is 1. The number of benzene rings is 2. The third-order valence-electron chi connectivity index (χ3n) is 5.84. The smallest absolute Gasteiger partial charge is 0.262 e. The van der Waals surface area contributed by atoms with E-state index >= 15 is 0 Å². The number of fused-ring (bicyclic) bond motifs is 1. The van der Waals surface area contributed by atoms with E-state index in [1.54, 1.807) is 55.9 Å². The molecule has 1 aliphatic rings. The Balaban J connectivity index is 1.44. The fourth-order valence-electron chi connectivity index (χ4n) is 4.05. The molecule has 1 aromatic heterocycles. The molecule has 180 valence electrons. The van der Waals surface area contributed by atoms with Gasteiger partial charge in [0.2, 0.25) is 5.91 Å². The number of pyridine rings is 1. The van der Waals surface area contributed by atoms with Crippen molar-refractivity contribution >= 4 is 17.7 Å². The van der Waals surface area contributed by atoms with Gasteiger partial charge in [0.25, 0.3) is 11.8 Å². The van der Waals surface area contributed by atoms with E-state index in [0.29, 0.717) is 29.2 Å². The van der Waals surface area contributed by atoms with Gasteiger partial charge in [-0.05, 0) is 53.4 Å². The van der Waals surface area contributed by atoms with Crippen LogP contribution in [0.15, 0.2) is 67.0 Å². The van der Waals surface area contributed by atoms with Gasteiger partial charge in [0.1, 0.15) is 12.6 Å². The number of hydrogen-bond donors (Lipinski definition) is 1. The maximum atomic E-state index is 13.1. The summed E-state index contributed by atoms with van der Waals surface area (Å²) in [4.78, 5) is 44.0. The van der Waals surface area contributed by atoms with Crippen molar-refractivity contribution in [1.82, 2.24) is 15.2 Å². The molecule has 8 heteroatoms. The van der Waals surface area contributed by atoms with Crippen LogP contribution in [0.25, 0.3) is 0 Å². The van der Waals surface area contributed by atoms with Gasteiger partial charge >= 0.3 is 0 Å². The highest BCUT2D eigenvalue weighted by molar-refractivity contribution is 6.22. The number of amides is 3. The summed E-state index contributed by atoms with van der Waals surface area (Å²) in [5.74, 6) is -0.451. The van der Waals surface area contributed by atoms with E-state index in [0.717, 1.165) is 16.0 Å². The molecule has 0 saturated heterocycles. The van der Waals surface area contributed by atoms with Gasteiger partial charge in [0.05, 0.1) is 18.2 Å². The van der Waals surface area contributed by atoms with Crippen LogP contribution in [0.2, 0.25) is 0 Å². The molecule has 35 heavy (non-hydrogen) atoms. The number of hydrogen-bond acceptors (Lipinski definition) is 6. The van der Waals surface area contributed by atoms with E-state index in [1.165, 1.54) is 0 Å². The van der Waals surface area contributed by atoms with Crippen molar-refractivity contribution in [1.29, 1.82) is 0 Å². The largest absolute Gasteiger partial charge is 0.493 e. The molecule has 1 atom stereocenters. The quantitative estimate of drug-likeness (QED) is 0.477. The fourth-order valence-corrected chi connectivity index (χ4v) is 4.05. The van der Waals surface area contributed by atoms with Crippen LogP contribution in [0.5, 0.6) is 11.5 Å². The predicted molar refractivity (Wildman–Crippen MR) is 129 cm³/mol. The minimum absolute atomic E-state index is 0.201. The molecule has 0 bridgehead atoms. The molecule has 1 N–H and O–H groups in total. The summed E-state index contributed by atoms with van der Waals surface area (Å²) in [6.45, 7) is 4.19. The number of ether oxygens (including phenoxy) is 2. The monoisotopic (exact) mass is 473 g/mol. The van der Waals surface area contributed by atoms with Gasteiger partial charge < -0.3 is 14.8 Å². The summed E-state index contributed by atoms with van der Waals surface area (Å²) in [7, 11) is 1.55. The van der Waals surface area contributed by atoms with Gasteiger partial charge in [-0.1, -0.05) is 32.0 Å². The van der Waals surface area contributed by atoms with Gasteiger partial charge in [-0.2, -0.15) is 0 Å². The fraction of sp³-hybridized carbons (Fsp3) is 0.259. The number of carbonyl (C=O) groups excluding carboxylic acids is 3. The Hall–Kier alpha value is -4.20. The average molecular weight is 474 g/mol. The summed E-state index contributed by atoms with van der Waals surface area (Å²) in [6, 6.07) is 14.8. The van der Waals surface area contributed by atoms with Crippen LogP contribution in [0.4, 0.5) is 0 Å². The molecular formula is C27H27N3O5. The molecule has 3 amide bonds. The second-order valence-electron chi connectivity index (χ2n) is 8.56. The first-order chi connectivity index (χ1) is 16.9. The zero-order valence-electron chi connectivity index (χ0n) is 19.9. The highest BCUT2D eigenvalue weighted by Gasteiger charge is 2.43. The molecule has 0 saturated carbocycles. The van der Waals surface area contributed by atoms with Gasteiger partial charge in [0, 0.05) is 18.9 Å². The topological polar surface area (TPSA) is 97.8 Å². The third kappa shape index (κ3) is 5.01. The lowest BCUT2D eigenvalue weighted by Gasteiger charge is -2.28. The molecule has 2 aromatic carbocycles. The summed E-state index contributed by atoms with van der Waals surface area (Å²) in [5.41, 5.74) is 2.41. The number of nitrogens with one attached hydrogen (secondary N) is 1. The van der Waals surface area contributed by atoms with E-state index in [1.807, 2.05) is 32.0 Å². The molecule has 0 spiro atoms. The number of carbonyl (C=O) groups is 3. The number of imide groups is 1. The molecule has 1 aliphatic heterocycles. The van der Waals surface area contributed by atoms with Crippen molar-refractivity contribution in [3.05, 3.63) is 89.2 Å². The van der Waals surface area contributed by atoms with Crippen molar-refractivity contribution in [2.45, 2.75) is 33.0 Å². The summed E-state index contributed by atoms with van der Waals surface area (Å²) < 4.78 is 11.3. The first-order valence-electron chi connectivity index (χ1n) is 11.3. The van der Waals surface area contributed by atoms with Crippen LogP contribution >= 0.6 is 0 Å². The molecule has 0 aliphatic carbocycles. The molecular weight excluding hydrogens is 446 g/mol. The van der Waals surface area contributed by atoms with E-state index in [-0.39, 0.29) is 12.5 Å². The van der Waals surface area contributed by atoms with Crippen LogP contribution < -0.4 is 14.8 Å². The molecule has 4 rings (SSSR count). The molecule has 2 heterocycles. The zero-order valence-corrected chi connectivity index (χ0v) is 19.9. The summed E-state index contributed by atoms with van der Waals surface area (Å²) in [5, 5.41) is 2.87. The standard InChI is InChI=1S/C27H27N3O5/c1-17(2)24(30-26(32)20-6-4-5-7-21(20)27(30)33)25(31)29-15-19-8-9-22(23(14-19)34-3)35-16-18-10-12-28-13-11-18/h4-14,17,24H,15-16H2,1-3H3,(H,29,31). The Bertz CT molecular complexity index is 1210. The highest BCUT2D eigenvalue weighted by atomic mass is 16.5. The van der Waals surface area contributed by atoms with Crippen LogP contribution in [-0.2, 0) is 17.9 Å². The molecule has 3 aromatic rings. The number of methoxy groups -OCH3 is 1. The highest BCUT2D eigenvalue weighted by Crippen LogP contribution is 2.30. The Morgan fingerprint density at radius 3 is 2.20 bits per heavy atom. The van der Waals surface area contributed by atoms with Gasteiger partial charge in [-0.25, -0.2) is 0 Å². The van der Waals surface area contributed by atoms with Crippen molar-refractivity contribution in [3.63, 3.8) is 0 Å². The normalized spacial score (nSPS) is 13.5. The van der Waals surface area contributed by atoms with E-state index in [2.05, 4.69) is 10.3 Å². The second-order valence-corrected chi connectivity index (χ2v) is 8.56. The maximum Gasteiger partial charge on any atom is 0.262 e. The summed E-state index contributed by atoms with van der Waals surface area (Å²) >= 11 is 0. The van der Waals surface area contributed by atoms with E-state index in [9.17, 15) is 14.4 Å². The minimum Gasteiger partial charge on any atom is -0.493 e. The second kappa shape index (κ2) is 10.4. The zero-order chi connectivity index (χ0) is 24.9. The molecule has 1 unspecified atom stereocenters. The lowest BCUT2D eigenvalue weighted by atomic mass is 10.0. The van der Waals surface area contributed by atoms with E-state index < -0.39 is 23.8 Å². The average Bonchev–Trinajstić information content (AvgIpc) is 3.12. The number of rotatable bonds is 9. The SMILES string of the molecule is COc1cc(CNC(=O)C(C(C)C)N2C(=O)c3ccccc3C2=O)ccc1OCc1ccncc1. The lowest BCUT2D eigenvalue weighted by Crippen LogP contribution is -2.52. The van der Waals surface area contributed by atoms with Crippen molar-refractivity contribution < 1.29 is 23.9 Å². The molecule has 8 nitrogen and oxygen atoms in total. The Morgan fingerprint density at radius 2 is 1.60 bits per heavy atom. The number of nitrogens with zero attached hydrogens (tertiary/aromatic N) is 2. The van der Waals surface area contributed by atoms with Crippen molar-refractivity contribution in [3.8, 4) is 11.5 Å². The first-order valence-corrected chi connectivity index (χ1v) is 11.3. The Labute approximate surface area is 203 Å². The lowest BCUT2D eigenvalue weighted by molar-refractivity contribution is -0.126. The van der Waals surface area contributed by atoms with Crippen LogP contribution in [0.1, 0.15) is 45.7 Å². The van der Waals surface area contributed by atoms with E-state index in [4.69, 9.17) is 9.47 Å². The third-order valence-corrected chi connectivity index (χ3v) is 5.84. The minimum atomic E-state index is -0.924. The van der Waals surface area contributed by atoms with Crippen LogP contribution in [-0.4, -0.2) is 40.8 Å². The summed E-state index contributed by atoms with van der Waals surface area (Å²) in [6.07, 6.45) is 3.40. The van der Waals surface area contributed by atoms with Gasteiger partial charge in [0.15, 0.2) is 11.5 Å². The Morgan fingerprint density at radius 1 is 0.943 bits per heavy atom. The maximum absolute atomic E-state index is 13.1. The first kappa shape index (κ1) is 23.9. The van der Waals surface area contributed by atoms with Crippen molar-refractivity contribution in [2.24, 2.45) is 5.92 Å². The van der Waals surface area contributed by atoms with Gasteiger partial charge in [-0.3, -0.25) is 24.3 Å². The van der Waals surface area contributed by atoms with Crippen LogP contribution in [0, 0.1) is 5.92 Å².